The van der Waals surface area contributed by atoms with Crippen LogP contribution in [-0.4, -0.2) is 20.8 Å². The highest BCUT2D eigenvalue weighted by Crippen LogP contribution is 2.69. The third-order valence-corrected chi connectivity index (χ3v) is 5.49. The Morgan fingerprint density at radius 3 is 2.89 bits per heavy atom. The van der Waals surface area contributed by atoms with Gasteiger partial charge in [-0.05, 0) is 30.2 Å². The highest BCUT2D eigenvalue weighted by molar-refractivity contribution is 5.69. The Bertz CT molecular complexity index is 671. The molecule has 0 saturated heterocycles. The van der Waals surface area contributed by atoms with Crippen LogP contribution < -0.4 is 0 Å². The van der Waals surface area contributed by atoms with Crippen molar-refractivity contribution < 1.29 is 5.11 Å². The van der Waals surface area contributed by atoms with Crippen LogP contribution in [0.5, 0.6) is 0 Å². The van der Waals surface area contributed by atoms with Crippen LogP contribution in [0.1, 0.15) is 30.9 Å². The molecule has 0 bridgehead atoms. The number of aromatic nitrogens is 2. The topological polar surface area (TPSA) is 38.1 Å². The van der Waals surface area contributed by atoms with Gasteiger partial charge >= 0.3 is 0 Å². The summed E-state index contributed by atoms with van der Waals surface area (Å²) in [5.74, 6) is 0.379. The van der Waals surface area contributed by atoms with Gasteiger partial charge in [0.15, 0.2) is 0 Å². The van der Waals surface area contributed by atoms with Crippen molar-refractivity contribution in [3.63, 3.8) is 0 Å². The molecule has 1 aromatic carbocycles. The van der Waals surface area contributed by atoms with Crippen LogP contribution in [0.2, 0.25) is 0 Å². The lowest BCUT2D eigenvalue weighted by molar-refractivity contribution is -0.0677. The lowest BCUT2D eigenvalue weighted by Crippen LogP contribution is -2.47. The van der Waals surface area contributed by atoms with Crippen molar-refractivity contribution >= 4 is 0 Å². The van der Waals surface area contributed by atoms with Gasteiger partial charge < -0.3 is 9.67 Å². The van der Waals surface area contributed by atoms with Crippen molar-refractivity contribution in [2.45, 2.75) is 31.4 Å². The maximum Gasteiger partial charge on any atom is 0.0956 e. The first-order valence-corrected chi connectivity index (χ1v) is 7.09. The largest absolute Gasteiger partial charge is 0.393 e. The van der Waals surface area contributed by atoms with Crippen LogP contribution in [-0.2, 0) is 0 Å². The Hall–Kier alpha value is -1.61. The third kappa shape index (κ3) is 1.11. The first-order valence-electron chi connectivity index (χ1n) is 7.09. The number of benzene rings is 1. The minimum atomic E-state index is -0.145. The fourth-order valence-corrected chi connectivity index (χ4v) is 4.41. The van der Waals surface area contributed by atoms with Crippen LogP contribution in [0.15, 0.2) is 36.8 Å². The summed E-state index contributed by atoms with van der Waals surface area (Å²) in [6.45, 7) is 0. The van der Waals surface area contributed by atoms with Crippen molar-refractivity contribution in [3.8, 4) is 11.3 Å². The Morgan fingerprint density at radius 1 is 1.26 bits per heavy atom. The quantitative estimate of drug-likeness (QED) is 0.847. The maximum absolute atomic E-state index is 10.3. The summed E-state index contributed by atoms with van der Waals surface area (Å²) in [7, 11) is 0. The lowest BCUT2D eigenvalue weighted by Gasteiger charge is -2.46. The van der Waals surface area contributed by atoms with Gasteiger partial charge in [-0.3, -0.25) is 0 Å². The number of hydrogen-bond acceptors (Lipinski definition) is 2. The van der Waals surface area contributed by atoms with E-state index < -0.39 is 0 Å². The van der Waals surface area contributed by atoms with Crippen molar-refractivity contribution in [2.75, 3.05) is 0 Å². The normalized spacial score (nSPS) is 32.8. The van der Waals surface area contributed by atoms with Gasteiger partial charge in [0.25, 0.3) is 0 Å². The molecule has 5 rings (SSSR count). The molecule has 3 atom stereocenters. The van der Waals surface area contributed by atoms with E-state index in [9.17, 15) is 5.11 Å². The van der Waals surface area contributed by atoms with E-state index in [1.54, 1.807) is 0 Å². The smallest absolute Gasteiger partial charge is 0.0956 e. The van der Waals surface area contributed by atoms with E-state index in [0.717, 1.165) is 6.42 Å². The molecule has 1 aromatic heterocycles. The second kappa shape index (κ2) is 3.10. The van der Waals surface area contributed by atoms with Crippen LogP contribution >= 0.6 is 0 Å². The third-order valence-electron chi connectivity index (χ3n) is 5.49. The van der Waals surface area contributed by atoms with Gasteiger partial charge in [0.1, 0.15) is 0 Å². The van der Waals surface area contributed by atoms with Gasteiger partial charge in [0, 0.05) is 11.5 Å². The predicted molar refractivity (Wildman–Crippen MR) is 71.6 cm³/mol. The molecule has 1 aliphatic heterocycles. The number of aliphatic hydroxyl groups excluding tert-OH is 1. The molecule has 0 amide bonds. The Morgan fingerprint density at radius 2 is 2.11 bits per heavy atom. The molecule has 1 N–H and O–H groups in total. The summed E-state index contributed by atoms with van der Waals surface area (Å²) < 4.78 is 2.28. The summed E-state index contributed by atoms with van der Waals surface area (Å²) in [5.41, 5.74) is 4.30. The van der Waals surface area contributed by atoms with E-state index >= 15 is 0 Å². The molecule has 2 fully saturated rings. The van der Waals surface area contributed by atoms with Crippen LogP contribution in [0.3, 0.4) is 0 Å². The van der Waals surface area contributed by atoms with Gasteiger partial charge in [0.05, 0.1) is 30.4 Å². The molecule has 0 unspecified atom stereocenters. The predicted octanol–water partition coefficient (Wildman–Crippen LogP) is 2.61. The maximum atomic E-state index is 10.3. The van der Waals surface area contributed by atoms with Gasteiger partial charge in [0.2, 0.25) is 0 Å². The molecule has 19 heavy (non-hydrogen) atoms. The summed E-state index contributed by atoms with van der Waals surface area (Å²) in [6.07, 6.45) is 7.31. The number of imidazole rings is 1. The first-order chi connectivity index (χ1) is 9.30. The van der Waals surface area contributed by atoms with Crippen LogP contribution in [0.25, 0.3) is 11.3 Å². The molecule has 2 heterocycles. The van der Waals surface area contributed by atoms with E-state index in [4.69, 9.17) is 0 Å². The van der Waals surface area contributed by atoms with Gasteiger partial charge in [-0.1, -0.05) is 24.3 Å². The first kappa shape index (κ1) is 10.2. The van der Waals surface area contributed by atoms with E-state index in [-0.39, 0.29) is 6.10 Å². The molecule has 3 nitrogen and oxygen atoms in total. The number of rotatable bonds is 1. The average molecular weight is 252 g/mol. The Balaban J connectivity index is 1.71. The van der Waals surface area contributed by atoms with Gasteiger partial charge in [-0.2, -0.15) is 0 Å². The van der Waals surface area contributed by atoms with Gasteiger partial charge in [-0.25, -0.2) is 4.98 Å². The van der Waals surface area contributed by atoms with Crippen molar-refractivity contribution in [1.29, 1.82) is 0 Å². The monoisotopic (exact) mass is 252 g/mol. The molecule has 2 saturated carbocycles. The summed E-state index contributed by atoms with van der Waals surface area (Å²) in [6, 6.07) is 8.88. The Labute approximate surface area is 111 Å². The van der Waals surface area contributed by atoms with E-state index in [1.165, 1.54) is 29.7 Å². The zero-order valence-corrected chi connectivity index (χ0v) is 10.7. The van der Waals surface area contributed by atoms with Crippen molar-refractivity contribution in [3.05, 3.63) is 42.4 Å². The second-order valence-electron chi connectivity index (χ2n) is 6.38. The zero-order chi connectivity index (χ0) is 12.6. The fourth-order valence-electron chi connectivity index (χ4n) is 4.41. The minimum Gasteiger partial charge on any atom is -0.393 e. The fraction of sp³-hybridized carbons (Fsp3) is 0.438. The molecule has 2 aromatic rings. The minimum absolute atomic E-state index is 0.145. The average Bonchev–Trinajstić information content (AvgIpc) is 2.97. The highest BCUT2D eigenvalue weighted by atomic mass is 16.3. The van der Waals surface area contributed by atoms with Crippen molar-refractivity contribution in [2.24, 2.45) is 11.3 Å². The molecule has 3 aliphatic rings. The molecular weight excluding hydrogens is 236 g/mol. The van der Waals surface area contributed by atoms with Crippen molar-refractivity contribution in [1.82, 2.24) is 9.55 Å². The number of hydrogen-bond donors (Lipinski definition) is 1. The second-order valence-corrected chi connectivity index (χ2v) is 6.38. The molecule has 1 spiro atoms. The summed E-state index contributed by atoms with van der Waals surface area (Å²) in [4.78, 5) is 4.31. The summed E-state index contributed by atoms with van der Waals surface area (Å²) >= 11 is 0. The SMILES string of the molecule is O[C@H]1CC2(CC2)[C@H]1[C@H]1c2ccccc2-c2cncn21. The number of nitrogens with zero attached hydrogens (tertiary/aromatic N) is 2. The van der Waals surface area contributed by atoms with Crippen LogP contribution in [0.4, 0.5) is 0 Å². The number of aliphatic hydroxyl groups is 1. The van der Waals surface area contributed by atoms with E-state index in [1.807, 2.05) is 12.5 Å². The highest BCUT2D eigenvalue weighted by Gasteiger charge is 2.64. The lowest BCUT2D eigenvalue weighted by atomic mass is 9.63. The van der Waals surface area contributed by atoms with Crippen LogP contribution in [0, 0.1) is 11.3 Å². The zero-order valence-electron chi connectivity index (χ0n) is 10.7. The standard InChI is InChI=1S/C16H16N2O/c19-13-7-16(5-6-16)14(13)15-11-4-2-1-3-10(11)12-8-17-9-18(12)15/h1-4,8-9,13-15,19H,5-7H2/t13-,14+,15+/m0/s1. The molecule has 3 heteroatoms. The molecular formula is C16H16N2O. The van der Waals surface area contributed by atoms with Gasteiger partial charge in [-0.15, -0.1) is 0 Å². The molecule has 96 valence electrons. The van der Waals surface area contributed by atoms with E-state index in [0.29, 0.717) is 17.4 Å². The molecule has 0 radical (unpaired) electrons. The summed E-state index contributed by atoms with van der Waals surface area (Å²) in [5, 5.41) is 10.3. The Kier molecular flexibility index (Phi) is 1.67. The number of fused-ring (bicyclic) bond motifs is 3. The molecule has 2 aliphatic carbocycles. The van der Waals surface area contributed by atoms with E-state index in [2.05, 4.69) is 33.8 Å².